The number of fused-ring (bicyclic) bond motifs is 3. The number of hydrogen-bond acceptors (Lipinski definition) is 10. The average Bonchev–Trinajstić information content (AvgIpc) is 3.49. The Hall–Kier alpha value is -3.06. The summed E-state index contributed by atoms with van der Waals surface area (Å²) in [5, 5.41) is 3.11. The van der Waals surface area contributed by atoms with E-state index in [4.69, 9.17) is 14.5 Å². The van der Waals surface area contributed by atoms with Crippen LogP contribution in [0.2, 0.25) is 0 Å². The van der Waals surface area contributed by atoms with Crippen molar-refractivity contribution in [1.29, 1.82) is 0 Å². The van der Waals surface area contributed by atoms with Crippen LogP contribution >= 0.6 is 22.7 Å². The molecule has 2 aromatic heterocycles. The molecular weight excluding hydrogens is 526 g/mol. The lowest BCUT2D eigenvalue weighted by atomic mass is 9.88. The second-order valence-corrected chi connectivity index (χ2v) is 11.7. The average molecular weight is 553 g/mol. The molecule has 1 aromatic carbocycles. The molecule has 0 saturated carbocycles. The maximum absolute atomic E-state index is 14.5. The number of carbonyl (C=O) groups is 2. The summed E-state index contributed by atoms with van der Waals surface area (Å²) < 4.78 is 44.2. The van der Waals surface area contributed by atoms with Gasteiger partial charge in [-0.15, -0.1) is 11.3 Å². The highest BCUT2D eigenvalue weighted by atomic mass is 32.1. The molecule has 198 valence electrons. The van der Waals surface area contributed by atoms with Gasteiger partial charge in [0.1, 0.15) is 16.4 Å². The molecule has 9 nitrogen and oxygen atoms in total. The number of thiazole rings is 2. The minimum atomic E-state index is -4.16. The van der Waals surface area contributed by atoms with Gasteiger partial charge in [-0.25, -0.2) is 19.6 Å². The van der Waals surface area contributed by atoms with Crippen molar-refractivity contribution in [1.82, 2.24) is 14.9 Å². The highest BCUT2D eigenvalue weighted by Crippen LogP contribution is 2.44. The van der Waals surface area contributed by atoms with Crippen LogP contribution < -0.4 is 9.64 Å². The Morgan fingerprint density at radius 1 is 1.19 bits per heavy atom. The molecule has 37 heavy (non-hydrogen) atoms. The molecule has 6 rings (SSSR count). The van der Waals surface area contributed by atoms with Crippen LogP contribution in [0, 0.1) is 0 Å². The molecule has 3 aromatic rings. The van der Waals surface area contributed by atoms with Crippen LogP contribution in [-0.2, 0) is 14.3 Å². The lowest BCUT2D eigenvalue weighted by Crippen LogP contribution is -2.70. The number of rotatable bonds is 6. The zero-order chi connectivity index (χ0) is 26.5. The van der Waals surface area contributed by atoms with Crippen molar-refractivity contribution in [2.45, 2.75) is 57.9 Å². The van der Waals surface area contributed by atoms with E-state index < -0.39 is 17.7 Å². The summed E-state index contributed by atoms with van der Waals surface area (Å²) >= 11 is 2.60. The van der Waals surface area contributed by atoms with Crippen molar-refractivity contribution < 1.29 is 32.6 Å². The lowest BCUT2D eigenvalue weighted by molar-refractivity contribution is -0.216. The fourth-order valence-corrected chi connectivity index (χ4v) is 6.21. The zero-order valence-electron chi connectivity index (χ0n) is 20.7. The molecule has 3 saturated heterocycles. The minimum Gasteiger partial charge on any atom is -0.459 e. The first-order chi connectivity index (χ1) is 17.5. The zero-order valence-corrected chi connectivity index (χ0v) is 22.3. The maximum atomic E-state index is 14.5. The van der Waals surface area contributed by atoms with Crippen LogP contribution in [0.15, 0.2) is 23.7 Å². The van der Waals surface area contributed by atoms with Gasteiger partial charge in [0.25, 0.3) is 0 Å². The Morgan fingerprint density at radius 3 is 2.54 bits per heavy atom. The summed E-state index contributed by atoms with van der Waals surface area (Å²) in [6.07, 6.45) is -1.97. The van der Waals surface area contributed by atoms with Gasteiger partial charge >= 0.3 is 18.2 Å². The van der Waals surface area contributed by atoms with Crippen LogP contribution in [0.4, 0.5) is 18.7 Å². The molecule has 13 heteroatoms. The van der Waals surface area contributed by atoms with E-state index >= 15 is 0 Å². The van der Waals surface area contributed by atoms with Crippen LogP contribution in [0.25, 0.3) is 20.8 Å². The van der Waals surface area contributed by atoms with E-state index in [-0.39, 0.29) is 30.5 Å². The van der Waals surface area contributed by atoms with Gasteiger partial charge in [-0.05, 0) is 46.2 Å². The number of halogens is 2. The number of anilines is 1. The third-order valence-corrected chi connectivity index (χ3v) is 7.92. The first-order valence-electron chi connectivity index (χ1n) is 11.8. The van der Waals surface area contributed by atoms with Crippen molar-refractivity contribution in [2.75, 3.05) is 24.6 Å². The van der Waals surface area contributed by atoms with Gasteiger partial charge in [-0.2, -0.15) is 8.78 Å². The van der Waals surface area contributed by atoms with E-state index in [1.54, 1.807) is 17.2 Å². The SMILES string of the molecule is CCOC(=O)C(F)(F)Oc1ccc(-c2nccs2)c2nc(N3CC4CC(C3)N4C(=O)OC(C)(C)C)sc12. The number of piperazine rings is 1. The molecule has 0 radical (unpaired) electrons. The molecule has 2 atom stereocenters. The summed E-state index contributed by atoms with van der Waals surface area (Å²) in [6.45, 7) is 7.82. The van der Waals surface area contributed by atoms with Crippen molar-refractivity contribution in [3.8, 4) is 16.3 Å². The van der Waals surface area contributed by atoms with E-state index in [1.165, 1.54) is 35.7 Å². The Labute approximate surface area is 220 Å². The quantitative estimate of drug-likeness (QED) is 0.388. The summed E-state index contributed by atoms with van der Waals surface area (Å²) in [5.41, 5.74) is 0.550. The van der Waals surface area contributed by atoms with Crippen molar-refractivity contribution in [3.63, 3.8) is 0 Å². The van der Waals surface area contributed by atoms with Gasteiger partial charge in [0, 0.05) is 30.2 Å². The number of alkyl halides is 2. The first-order valence-corrected chi connectivity index (χ1v) is 13.5. The van der Waals surface area contributed by atoms with Crippen molar-refractivity contribution in [3.05, 3.63) is 23.7 Å². The Bertz CT molecular complexity index is 1310. The number of benzene rings is 1. The van der Waals surface area contributed by atoms with E-state index in [1.807, 2.05) is 31.1 Å². The molecule has 0 aliphatic carbocycles. The Morgan fingerprint density at radius 2 is 1.92 bits per heavy atom. The van der Waals surface area contributed by atoms with Gasteiger partial charge in [-0.1, -0.05) is 11.3 Å². The molecule has 1 amide bonds. The normalized spacial score (nSPS) is 19.5. The lowest BCUT2D eigenvalue weighted by Gasteiger charge is -2.55. The number of amides is 1. The van der Waals surface area contributed by atoms with Crippen molar-refractivity contribution >= 4 is 50.1 Å². The molecule has 0 spiro atoms. The molecule has 3 aliphatic rings. The molecule has 2 bridgehead atoms. The second-order valence-electron chi connectivity index (χ2n) is 9.80. The van der Waals surface area contributed by atoms with Gasteiger partial charge in [0.05, 0.1) is 28.9 Å². The third-order valence-electron chi connectivity index (χ3n) is 5.98. The monoisotopic (exact) mass is 552 g/mol. The molecule has 3 fully saturated rings. The van der Waals surface area contributed by atoms with Crippen LogP contribution in [-0.4, -0.2) is 70.4 Å². The van der Waals surface area contributed by atoms with E-state index in [0.717, 1.165) is 6.42 Å². The highest BCUT2D eigenvalue weighted by molar-refractivity contribution is 7.22. The van der Waals surface area contributed by atoms with Crippen molar-refractivity contribution in [2.24, 2.45) is 0 Å². The minimum absolute atomic E-state index is 0.0251. The van der Waals surface area contributed by atoms with E-state index in [2.05, 4.69) is 9.72 Å². The van der Waals surface area contributed by atoms with Gasteiger partial charge < -0.3 is 19.1 Å². The van der Waals surface area contributed by atoms with Gasteiger partial charge in [-0.3, -0.25) is 4.90 Å². The number of aromatic nitrogens is 2. The largest absolute Gasteiger partial charge is 0.502 e. The van der Waals surface area contributed by atoms with Gasteiger partial charge in [0.15, 0.2) is 5.13 Å². The molecule has 3 aliphatic heterocycles. The summed E-state index contributed by atoms with van der Waals surface area (Å²) in [5.74, 6) is -1.93. The predicted octanol–water partition coefficient (Wildman–Crippen LogP) is 5.15. The van der Waals surface area contributed by atoms with Crippen LogP contribution in [0.3, 0.4) is 0 Å². The van der Waals surface area contributed by atoms with Crippen LogP contribution in [0.5, 0.6) is 5.75 Å². The molecule has 0 N–H and O–H groups in total. The summed E-state index contributed by atoms with van der Waals surface area (Å²) in [4.78, 5) is 37.3. The molecular formula is C24H26F2N4O5S2. The predicted molar refractivity (Wildman–Crippen MR) is 135 cm³/mol. The summed E-state index contributed by atoms with van der Waals surface area (Å²) in [7, 11) is 0. The summed E-state index contributed by atoms with van der Waals surface area (Å²) in [6, 6.07) is 2.96. The number of ether oxygens (including phenoxy) is 3. The standard InChI is InChI=1S/C24H26F2N4O5S2/c1-5-33-20(31)24(25,26)34-16-7-6-15(19-27-8-9-36-19)17-18(16)37-21(28-17)29-11-13-10-14(12-29)30(13)22(32)35-23(2,3)4/h6-9,13-14H,5,10-12H2,1-4H3. The van der Waals surface area contributed by atoms with Gasteiger partial charge in [0.2, 0.25) is 0 Å². The number of hydrogen-bond donors (Lipinski definition) is 0. The molecule has 5 heterocycles. The number of carbonyl (C=O) groups excluding carboxylic acids is 2. The smallest absolute Gasteiger partial charge is 0.459 e. The topological polar surface area (TPSA) is 94.1 Å². The number of nitrogens with zero attached hydrogens (tertiary/aromatic N) is 4. The highest BCUT2D eigenvalue weighted by Gasteiger charge is 2.49. The fraction of sp³-hybridized carbons (Fsp3) is 0.500. The molecule has 2 unspecified atom stereocenters. The Kier molecular flexibility index (Phi) is 6.47. The second kappa shape index (κ2) is 9.35. The number of esters is 1. The fourth-order valence-electron chi connectivity index (χ4n) is 4.49. The third kappa shape index (κ3) is 4.93. The maximum Gasteiger partial charge on any atom is 0.502 e. The van der Waals surface area contributed by atoms with E-state index in [0.29, 0.717) is 39.0 Å². The number of piperidine rings is 1. The van der Waals surface area contributed by atoms with E-state index in [9.17, 15) is 18.4 Å². The Balaban J connectivity index is 1.45. The van der Waals surface area contributed by atoms with Crippen LogP contribution in [0.1, 0.15) is 34.1 Å². The first kappa shape index (κ1) is 25.6.